The number of hydrogen-bond donors (Lipinski definition) is 0. The highest BCUT2D eigenvalue weighted by Crippen LogP contribution is 2.57. The van der Waals surface area contributed by atoms with Crippen LogP contribution in [0.5, 0.6) is 0 Å². The van der Waals surface area contributed by atoms with Crippen molar-refractivity contribution in [1.82, 2.24) is 9.55 Å². The lowest BCUT2D eigenvalue weighted by Gasteiger charge is -2.46. The second kappa shape index (κ2) is 10.6. The minimum absolute atomic E-state index is 0.510. The highest BCUT2D eigenvalue weighted by atomic mass is 15.2. The minimum atomic E-state index is -0.510. The molecule has 2 aromatic heterocycles. The Bertz CT molecular complexity index is 2400. The molecule has 1 aliphatic rings. The Morgan fingerprint density at radius 3 is 1.79 bits per heavy atom. The zero-order valence-electron chi connectivity index (χ0n) is 25.5. The van der Waals surface area contributed by atoms with E-state index in [1.165, 1.54) is 22.3 Å². The van der Waals surface area contributed by atoms with Crippen LogP contribution in [0.15, 0.2) is 170 Å². The van der Waals surface area contributed by atoms with Crippen LogP contribution >= 0.6 is 0 Å². The highest BCUT2D eigenvalue weighted by Gasteiger charge is 2.46. The van der Waals surface area contributed by atoms with Crippen LogP contribution in [0.4, 0.5) is 22.7 Å². The van der Waals surface area contributed by atoms with E-state index in [1.807, 2.05) is 24.5 Å². The maximum Gasteiger partial charge on any atom is 0.188 e. The van der Waals surface area contributed by atoms with Gasteiger partial charge >= 0.3 is 0 Å². The van der Waals surface area contributed by atoms with Crippen LogP contribution in [0.2, 0.25) is 0 Å². The molecule has 0 saturated heterocycles. The van der Waals surface area contributed by atoms with Gasteiger partial charge in [-0.25, -0.2) is 4.85 Å². The largest absolute Gasteiger partial charge is 0.310 e. The minimum Gasteiger partial charge on any atom is -0.310 e. The van der Waals surface area contributed by atoms with Gasteiger partial charge in [0.05, 0.1) is 34.4 Å². The Kier molecular flexibility index (Phi) is 6.06. The van der Waals surface area contributed by atoms with E-state index in [9.17, 15) is 0 Å². The van der Waals surface area contributed by atoms with Gasteiger partial charge in [0.15, 0.2) is 5.69 Å². The fraction of sp³-hybridized carbons (Fsp3) is 0.0233. The van der Waals surface area contributed by atoms with Gasteiger partial charge in [-0.1, -0.05) is 109 Å². The molecule has 0 radical (unpaired) electrons. The fourth-order valence-corrected chi connectivity index (χ4v) is 7.66. The topological polar surface area (TPSA) is 25.4 Å². The molecule has 220 valence electrons. The number of benzene rings is 6. The van der Waals surface area contributed by atoms with Gasteiger partial charge < -0.3 is 9.47 Å². The van der Waals surface area contributed by atoms with Gasteiger partial charge in [0.2, 0.25) is 0 Å². The lowest BCUT2D eigenvalue weighted by Crippen LogP contribution is -2.37. The van der Waals surface area contributed by atoms with E-state index in [4.69, 9.17) is 6.57 Å². The summed E-state index contributed by atoms with van der Waals surface area (Å²) in [5, 5.41) is 2.05. The number of fused-ring (bicyclic) bond motifs is 5. The molecule has 3 heterocycles. The summed E-state index contributed by atoms with van der Waals surface area (Å²) in [7, 11) is 0. The molecule has 4 nitrogen and oxygen atoms in total. The lowest BCUT2D eigenvalue weighted by molar-refractivity contribution is 0.731. The van der Waals surface area contributed by atoms with E-state index in [1.54, 1.807) is 0 Å². The predicted molar refractivity (Wildman–Crippen MR) is 191 cm³/mol. The number of para-hydroxylation sites is 2. The summed E-state index contributed by atoms with van der Waals surface area (Å²) in [6.07, 6.45) is 3.73. The summed E-state index contributed by atoms with van der Waals surface area (Å²) < 4.78 is 2.28. The third-order valence-electron chi connectivity index (χ3n) is 9.54. The highest BCUT2D eigenvalue weighted by molar-refractivity contribution is 6.10. The number of pyridine rings is 1. The van der Waals surface area contributed by atoms with Crippen LogP contribution in [0, 0.1) is 6.57 Å². The normalized spacial score (nSPS) is 13.2. The second-order valence-corrected chi connectivity index (χ2v) is 11.9. The maximum atomic E-state index is 7.59. The van der Waals surface area contributed by atoms with E-state index >= 15 is 0 Å². The maximum absolute atomic E-state index is 7.59. The number of rotatable bonds is 4. The predicted octanol–water partition coefficient (Wildman–Crippen LogP) is 10.9. The van der Waals surface area contributed by atoms with E-state index in [0.717, 1.165) is 44.6 Å². The van der Waals surface area contributed by atoms with Gasteiger partial charge in [-0.15, -0.1) is 0 Å². The standard InChI is InChI=1S/C43H28N4/c1-44-32-23-24-39-35(27-32)36-29-45-26-25-40(36)46(39)33-17-12-18-34(28-33)47-41-21-10-8-19-37(41)43(30-13-4-2-5-14-30,31-15-6-3-7-16-31)38-20-9-11-22-42(38)47/h2-29H. The monoisotopic (exact) mass is 600 g/mol. The number of aromatic nitrogens is 2. The van der Waals surface area contributed by atoms with Crippen molar-refractivity contribution >= 4 is 44.6 Å². The molecule has 8 aromatic rings. The van der Waals surface area contributed by atoms with Gasteiger partial charge in [0, 0.05) is 29.2 Å². The van der Waals surface area contributed by atoms with Gasteiger partial charge in [0.25, 0.3) is 0 Å². The molecule has 0 amide bonds. The van der Waals surface area contributed by atoms with Crippen molar-refractivity contribution in [3.8, 4) is 5.69 Å². The summed E-state index contributed by atoms with van der Waals surface area (Å²) in [5.41, 5.74) is 11.5. The Balaban J connectivity index is 1.31. The summed E-state index contributed by atoms with van der Waals surface area (Å²) in [6.45, 7) is 7.59. The van der Waals surface area contributed by atoms with Gasteiger partial charge in [-0.05, 0) is 76.2 Å². The van der Waals surface area contributed by atoms with Gasteiger partial charge in [-0.2, -0.15) is 0 Å². The molecule has 0 N–H and O–H groups in total. The molecule has 4 heteroatoms. The number of nitrogens with zero attached hydrogens (tertiary/aromatic N) is 4. The quantitative estimate of drug-likeness (QED) is 0.188. The van der Waals surface area contributed by atoms with Crippen molar-refractivity contribution < 1.29 is 0 Å². The van der Waals surface area contributed by atoms with Crippen molar-refractivity contribution in [2.24, 2.45) is 0 Å². The summed E-state index contributed by atoms with van der Waals surface area (Å²) in [4.78, 5) is 10.5. The summed E-state index contributed by atoms with van der Waals surface area (Å²) in [5.74, 6) is 0. The van der Waals surface area contributed by atoms with E-state index in [-0.39, 0.29) is 0 Å². The zero-order valence-corrected chi connectivity index (χ0v) is 25.5. The Morgan fingerprint density at radius 2 is 1.13 bits per heavy atom. The molecule has 0 saturated carbocycles. The molecule has 1 aliphatic heterocycles. The first-order valence-corrected chi connectivity index (χ1v) is 15.8. The Hall–Kier alpha value is -6.44. The molecule has 0 atom stereocenters. The smallest absolute Gasteiger partial charge is 0.188 e. The van der Waals surface area contributed by atoms with Crippen LogP contribution < -0.4 is 4.90 Å². The van der Waals surface area contributed by atoms with Crippen LogP contribution in [-0.4, -0.2) is 9.55 Å². The van der Waals surface area contributed by atoms with Crippen LogP contribution in [0.25, 0.3) is 32.3 Å². The molecule has 0 aliphatic carbocycles. The third-order valence-corrected chi connectivity index (χ3v) is 9.54. The zero-order chi connectivity index (χ0) is 31.4. The summed E-state index contributed by atoms with van der Waals surface area (Å²) >= 11 is 0. The molecule has 0 fully saturated rings. The van der Waals surface area contributed by atoms with Crippen molar-refractivity contribution in [3.05, 3.63) is 204 Å². The average Bonchev–Trinajstić information content (AvgIpc) is 3.48. The summed E-state index contributed by atoms with van der Waals surface area (Å²) in [6, 6.07) is 56.2. The molecular weight excluding hydrogens is 573 g/mol. The van der Waals surface area contributed by atoms with Crippen LogP contribution in [-0.2, 0) is 5.41 Å². The van der Waals surface area contributed by atoms with Crippen LogP contribution in [0.1, 0.15) is 22.3 Å². The first kappa shape index (κ1) is 26.9. The molecule has 0 unspecified atom stereocenters. The fourth-order valence-electron chi connectivity index (χ4n) is 7.66. The number of anilines is 3. The molecule has 47 heavy (non-hydrogen) atoms. The average molecular weight is 601 g/mol. The van der Waals surface area contributed by atoms with E-state index in [0.29, 0.717) is 5.69 Å². The third kappa shape index (κ3) is 3.90. The Labute approximate surface area is 273 Å². The lowest BCUT2D eigenvalue weighted by atomic mass is 9.62. The van der Waals surface area contributed by atoms with Crippen molar-refractivity contribution in [2.75, 3.05) is 4.90 Å². The van der Waals surface area contributed by atoms with E-state index < -0.39 is 5.41 Å². The molecule has 9 rings (SSSR count). The SMILES string of the molecule is [C-]#[N+]c1ccc2c(c1)c1cnccc1n2-c1cccc(N2c3ccccc3C(c3ccccc3)(c3ccccc3)c3ccccc32)c1. The van der Waals surface area contributed by atoms with Crippen molar-refractivity contribution in [3.63, 3.8) is 0 Å². The van der Waals surface area contributed by atoms with Crippen LogP contribution in [0.3, 0.4) is 0 Å². The van der Waals surface area contributed by atoms with Crippen molar-refractivity contribution in [2.45, 2.75) is 5.41 Å². The van der Waals surface area contributed by atoms with Gasteiger partial charge in [-0.3, -0.25) is 4.98 Å². The first-order chi connectivity index (χ1) is 23.3. The first-order valence-electron chi connectivity index (χ1n) is 15.8. The number of hydrogen-bond acceptors (Lipinski definition) is 2. The van der Waals surface area contributed by atoms with Gasteiger partial charge in [0.1, 0.15) is 0 Å². The molecule has 0 bridgehead atoms. The molecule has 6 aromatic carbocycles. The molecular formula is C43H28N4. The Morgan fingerprint density at radius 1 is 0.532 bits per heavy atom. The van der Waals surface area contributed by atoms with Crippen molar-refractivity contribution in [1.29, 1.82) is 0 Å². The second-order valence-electron chi connectivity index (χ2n) is 11.9. The molecule has 0 spiro atoms. The van der Waals surface area contributed by atoms with E-state index in [2.05, 4.69) is 165 Å².